The van der Waals surface area contributed by atoms with Gasteiger partial charge in [0.15, 0.2) is 0 Å². The average Bonchev–Trinajstić information content (AvgIpc) is 2.42. The molecule has 0 N–H and O–H groups in total. The van der Waals surface area contributed by atoms with Gasteiger partial charge in [0.2, 0.25) is 0 Å². The zero-order valence-corrected chi connectivity index (χ0v) is 13.7. The number of hydrogen-bond donors (Lipinski definition) is 0. The summed E-state index contributed by atoms with van der Waals surface area (Å²) in [5.74, 6) is 1.91. The standard InChI is InChI=1S/C16H23ClOS/c1-5-15-11(3)10(2)12(4)16(18-15)19-14-8-6-13(17)7-9-14/h6-12,15-16H,5H2,1-4H3/t10-,11-,12?,15?,16-/m0/s1. The Kier molecular flexibility index (Phi) is 5.22. The van der Waals surface area contributed by atoms with Gasteiger partial charge in [0.1, 0.15) is 5.44 Å². The summed E-state index contributed by atoms with van der Waals surface area (Å²) < 4.78 is 6.29. The monoisotopic (exact) mass is 298 g/mol. The number of ether oxygens (including phenoxy) is 1. The van der Waals surface area contributed by atoms with Gasteiger partial charge in [-0.25, -0.2) is 0 Å². The van der Waals surface area contributed by atoms with Crippen LogP contribution in [0.1, 0.15) is 34.1 Å². The van der Waals surface area contributed by atoms with Gasteiger partial charge in [-0.15, -0.1) is 0 Å². The van der Waals surface area contributed by atoms with E-state index in [1.54, 1.807) is 0 Å². The molecule has 3 heteroatoms. The van der Waals surface area contributed by atoms with Crippen molar-refractivity contribution in [2.24, 2.45) is 17.8 Å². The summed E-state index contributed by atoms with van der Waals surface area (Å²) in [7, 11) is 0. The molecule has 1 fully saturated rings. The van der Waals surface area contributed by atoms with Gasteiger partial charge in [0.25, 0.3) is 0 Å². The molecular weight excluding hydrogens is 276 g/mol. The Morgan fingerprint density at radius 3 is 2.26 bits per heavy atom. The highest BCUT2D eigenvalue weighted by molar-refractivity contribution is 7.99. The van der Waals surface area contributed by atoms with Crippen LogP contribution in [-0.2, 0) is 4.74 Å². The number of hydrogen-bond acceptors (Lipinski definition) is 2. The van der Waals surface area contributed by atoms with E-state index in [0.717, 1.165) is 11.4 Å². The number of benzene rings is 1. The van der Waals surface area contributed by atoms with Crippen LogP contribution >= 0.6 is 23.4 Å². The van der Waals surface area contributed by atoms with E-state index in [1.807, 2.05) is 23.9 Å². The van der Waals surface area contributed by atoms with Gasteiger partial charge in [0, 0.05) is 9.92 Å². The van der Waals surface area contributed by atoms with Crippen LogP contribution in [-0.4, -0.2) is 11.5 Å². The molecule has 19 heavy (non-hydrogen) atoms. The van der Waals surface area contributed by atoms with Gasteiger partial charge < -0.3 is 4.74 Å². The van der Waals surface area contributed by atoms with Crippen LogP contribution < -0.4 is 0 Å². The lowest BCUT2D eigenvalue weighted by Gasteiger charge is -2.43. The van der Waals surface area contributed by atoms with Crippen LogP contribution in [0.3, 0.4) is 0 Å². The van der Waals surface area contributed by atoms with Crippen molar-refractivity contribution < 1.29 is 4.74 Å². The topological polar surface area (TPSA) is 9.23 Å². The average molecular weight is 299 g/mol. The number of thioether (sulfide) groups is 1. The summed E-state index contributed by atoms with van der Waals surface area (Å²) in [4.78, 5) is 1.23. The normalized spacial score (nSPS) is 35.3. The molecular formula is C16H23ClOS. The first kappa shape index (κ1) is 15.2. The van der Waals surface area contributed by atoms with E-state index >= 15 is 0 Å². The molecule has 5 atom stereocenters. The van der Waals surface area contributed by atoms with E-state index in [9.17, 15) is 0 Å². The minimum absolute atomic E-state index is 0.248. The molecule has 2 rings (SSSR count). The largest absolute Gasteiger partial charge is 0.363 e. The van der Waals surface area contributed by atoms with Crippen molar-refractivity contribution in [3.05, 3.63) is 29.3 Å². The molecule has 0 aliphatic carbocycles. The summed E-state index contributed by atoms with van der Waals surface area (Å²) in [6, 6.07) is 8.04. The van der Waals surface area contributed by atoms with Crippen LogP contribution in [0.15, 0.2) is 29.2 Å². The van der Waals surface area contributed by atoms with Gasteiger partial charge in [-0.3, -0.25) is 0 Å². The summed E-state index contributed by atoms with van der Waals surface area (Å²) in [6.07, 6.45) is 1.48. The molecule has 1 aliphatic heterocycles. The van der Waals surface area contributed by atoms with E-state index in [0.29, 0.717) is 23.9 Å². The Morgan fingerprint density at radius 2 is 1.68 bits per heavy atom. The smallest absolute Gasteiger partial charge is 0.110 e. The lowest BCUT2D eigenvalue weighted by atomic mass is 9.79. The maximum absolute atomic E-state index is 6.29. The summed E-state index contributed by atoms with van der Waals surface area (Å²) in [6.45, 7) is 9.20. The van der Waals surface area contributed by atoms with Gasteiger partial charge in [0.05, 0.1) is 6.10 Å². The van der Waals surface area contributed by atoms with Crippen molar-refractivity contribution in [2.75, 3.05) is 0 Å². The van der Waals surface area contributed by atoms with Crippen molar-refractivity contribution in [2.45, 2.75) is 50.6 Å². The fourth-order valence-electron chi connectivity index (χ4n) is 2.74. The minimum atomic E-state index is 0.248. The number of rotatable bonds is 3. The third kappa shape index (κ3) is 3.48. The van der Waals surface area contributed by atoms with Crippen molar-refractivity contribution in [1.82, 2.24) is 0 Å². The van der Waals surface area contributed by atoms with E-state index < -0.39 is 0 Å². The fourth-order valence-corrected chi connectivity index (χ4v) is 4.08. The molecule has 1 nitrogen and oxygen atoms in total. The maximum Gasteiger partial charge on any atom is 0.110 e. The lowest BCUT2D eigenvalue weighted by molar-refractivity contribution is -0.0944. The summed E-state index contributed by atoms with van der Waals surface area (Å²) >= 11 is 7.76. The van der Waals surface area contributed by atoms with Crippen molar-refractivity contribution in [3.8, 4) is 0 Å². The molecule has 1 saturated heterocycles. The van der Waals surface area contributed by atoms with Gasteiger partial charge in [-0.1, -0.05) is 51.1 Å². The van der Waals surface area contributed by atoms with Crippen molar-refractivity contribution in [1.29, 1.82) is 0 Å². The fraction of sp³-hybridized carbons (Fsp3) is 0.625. The summed E-state index contributed by atoms with van der Waals surface area (Å²) in [5, 5.41) is 0.787. The van der Waals surface area contributed by atoms with Crippen LogP contribution in [0.2, 0.25) is 5.02 Å². The van der Waals surface area contributed by atoms with Crippen LogP contribution in [0, 0.1) is 17.8 Å². The Bertz CT molecular complexity index is 404. The number of halogens is 1. The van der Waals surface area contributed by atoms with Gasteiger partial charge in [-0.05, 0) is 48.4 Å². The van der Waals surface area contributed by atoms with Crippen LogP contribution in [0.5, 0.6) is 0 Å². The Morgan fingerprint density at radius 1 is 1.05 bits per heavy atom. The molecule has 1 heterocycles. The minimum Gasteiger partial charge on any atom is -0.363 e. The second kappa shape index (κ2) is 6.51. The first-order valence-corrected chi connectivity index (χ1v) is 8.36. The molecule has 0 amide bonds. The van der Waals surface area contributed by atoms with Crippen molar-refractivity contribution in [3.63, 3.8) is 0 Å². The predicted molar refractivity (Wildman–Crippen MR) is 83.8 cm³/mol. The molecule has 1 aromatic carbocycles. The second-order valence-corrected chi connectivity index (χ2v) is 7.21. The maximum atomic E-state index is 6.29. The predicted octanol–water partition coefficient (Wildman–Crippen LogP) is 5.48. The lowest BCUT2D eigenvalue weighted by Crippen LogP contribution is -2.42. The van der Waals surface area contributed by atoms with E-state index in [1.165, 1.54) is 4.90 Å². The molecule has 0 saturated carbocycles. The van der Waals surface area contributed by atoms with Crippen LogP contribution in [0.4, 0.5) is 0 Å². The summed E-state index contributed by atoms with van der Waals surface area (Å²) in [5.41, 5.74) is 0.248. The second-order valence-electron chi connectivity index (χ2n) is 5.60. The molecule has 106 valence electrons. The highest BCUT2D eigenvalue weighted by Crippen LogP contribution is 2.42. The molecule has 1 aliphatic rings. The molecule has 0 bridgehead atoms. The third-order valence-electron chi connectivity index (χ3n) is 4.45. The molecule has 0 aromatic heterocycles. The zero-order valence-electron chi connectivity index (χ0n) is 12.1. The van der Waals surface area contributed by atoms with Crippen molar-refractivity contribution >= 4 is 23.4 Å². The zero-order chi connectivity index (χ0) is 14.0. The molecule has 0 radical (unpaired) electrons. The quantitative estimate of drug-likeness (QED) is 0.731. The molecule has 0 spiro atoms. The highest BCUT2D eigenvalue weighted by Gasteiger charge is 2.38. The van der Waals surface area contributed by atoms with E-state index in [4.69, 9.17) is 16.3 Å². The third-order valence-corrected chi connectivity index (χ3v) is 6.02. The molecule has 2 unspecified atom stereocenters. The van der Waals surface area contributed by atoms with Crippen LogP contribution in [0.25, 0.3) is 0 Å². The van der Waals surface area contributed by atoms with E-state index in [-0.39, 0.29) is 5.44 Å². The molecule has 1 aromatic rings. The first-order valence-electron chi connectivity index (χ1n) is 7.10. The van der Waals surface area contributed by atoms with E-state index in [2.05, 4.69) is 39.8 Å². The highest BCUT2D eigenvalue weighted by atomic mass is 35.5. The Balaban J connectivity index is 2.08. The Labute approximate surface area is 126 Å². The first-order chi connectivity index (χ1) is 9.02. The van der Waals surface area contributed by atoms with Gasteiger partial charge >= 0.3 is 0 Å². The Hall–Kier alpha value is -0.180. The SMILES string of the molecule is CCC1O[C@@H](Sc2ccc(Cl)cc2)C(C)[C@@H](C)[C@@H]1C. The van der Waals surface area contributed by atoms with Gasteiger partial charge in [-0.2, -0.15) is 0 Å².